The van der Waals surface area contributed by atoms with Gasteiger partial charge in [0.25, 0.3) is 5.91 Å². The monoisotopic (exact) mass is 354 g/mol. The van der Waals surface area contributed by atoms with Gasteiger partial charge >= 0.3 is 0 Å². The van der Waals surface area contributed by atoms with E-state index in [0.29, 0.717) is 12.3 Å². The Balaban J connectivity index is 1.84. The number of anilines is 2. The quantitative estimate of drug-likeness (QED) is 0.850. The Morgan fingerprint density at radius 1 is 1.12 bits per heavy atom. The Bertz CT molecular complexity index is 852. The molecule has 6 heteroatoms. The molecule has 1 saturated heterocycles. The van der Waals surface area contributed by atoms with Gasteiger partial charge in [-0.15, -0.1) is 11.8 Å². The molecule has 2 aliphatic heterocycles. The summed E-state index contributed by atoms with van der Waals surface area (Å²) in [6.07, 6.45) is 0. The van der Waals surface area contributed by atoms with Crippen molar-refractivity contribution in [2.24, 2.45) is 0 Å². The first-order valence-electron chi connectivity index (χ1n) is 8.17. The van der Waals surface area contributed by atoms with Gasteiger partial charge in [0.15, 0.2) is 0 Å². The van der Waals surface area contributed by atoms with Gasteiger partial charge in [-0.3, -0.25) is 14.5 Å². The van der Waals surface area contributed by atoms with Crippen LogP contribution < -0.4 is 14.5 Å². The van der Waals surface area contributed by atoms with Crippen LogP contribution in [0.2, 0.25) is 0 Å². The van der Waals surface area contributed by atoms with Gasteiger partial charge in [0, 0.05) is 18.3 Å². The molecule has 5 nitrogen and oxygen atoms in total. The molecule has 128 valence electrons. The highest BCUT2D eigenvalue weighted by atomic mass is 32.2. The molecule has 0 N–H and O–H groups in total. The number of ether oxygens (including phenoxy) is 1. The molecule has 1 unspecified atom stereocenters. The van der Waals surface area contributed by atoms with Gasteiger partial charge in [0.1, 0.15) is 5.75 Å². The summed E-state index contributed by atoms with van der Waals surface area (Å²) in [7, 11) is 1.76. The third-order valence-corrected chi connectivity index (χ3v) is 5.99. The summed E-state index contributed by atoms with van der Waals surface area (Å²) < 4.78 is 5.48. The van der Waals surface area contributed by atoms with Crippen molar-refractivity contribution in [1.29, 1.82) is 0 Å². The number of benzene rings is 2. The molecular weight excluding hydrogens is 336 g/mol. The number of rotatable bonds is 3. The lowest BCUT2D eigenvalue weighted by molar-refractivity contribution is -0.123. The van der Waals surface area contributed by atoms with E-state index in [4.69, 9.17) is 4.74 Å². The summed E-state index contributed by atoms with van der Waals surface area (Å²) in [5, 5.41) is 0. The SMILES string of the molecule is CCOc1ccc(N2C(=O)CSC23C(=O)N(C)c2ccccc23)cc1. The average molecular weight is 354 g/mol. The summed E-state index contributed by atoms with van der Waals surface area (Å²) in [5.41, 5.74) is 2.43. The number of amides is 2. The summed E-state index contributed by atoms with van der Waals surface area (Å²) in [4.78, 5) is 28.1. The zero-order chi connectivity index (χ0) is 17.6. The molecule has 0 radical (unpaired) electrons. The predicted molar refractivity (Wildman–Crippen MR) is 99.1 cm³/mol. The number of hydrogen-bond acceptors (Lipinski definition) is 4. The standard InChI is InChI=1S/C19H18N2O3S/c1-3-24-14-10-8-13(9-11-14)21-17(22)12-25-19(21)15-6-4-5-7-16(15)20(2)18(19)23/h4-11H,3,12H2,1-2H3. The number of carbonyl (C=O) groups is 2. The minimum atomic E-state index is -1.02. The molecule has 2 aromatic rings. The topological polar surface area (TPSA) is 49.9 Å². The molecule has 2 heterocycles. The Labute approximate surface area is 150 Å². The van der Waals surface area contributed by atoms with Crippen molar-refractivity contribution in [3.05, 3.63) is 54.1 Å². The molecular formula is C19H18N2O3S. The second-order valence-electron chi connectivity index (χ2n) is 5.97. The number of thioether (sulfide) groups is 1. The van der Waals surface area contributed by atoms with Gasteiger partial charge in [0.2, 0.25) is 10.8 Å². The van der Waals surface area contributed by atoms with Gasteiger partial charge in [-0.2, -0.15) is 0 Å². The predicted octanol–water partition coefficient (Wildman–Crippen LogP) is 2.99. The van der Waals surface area contributed by atoms with Gasteiger partial charge in [-0.1, -0.05) is 18.2 Å². The molecule has 1 atom stereocenters. The Kier molecular flexibility index (Phi) is 3.72. The lowest BCUT2D eigenvalue weighted by Crippen LogP contribution is -2.49. The van der Waals surface area contributed by atoms with Gasteiger partial charge in [-0.05, 0) is 37.3 Å². The van der Waals surface area contributed by atoms with Crippen LogP contribution >= 0.6 is 11.8 Å². The molecule has 0 bridgehead atoms. The van der Waals surface area contributed by atoms with Crippen molar-refractivity contribution in [3.63, 3.8) is 0 Å². The van der Waals surface area contributed by atoms with Crippen molar-refractivity contribution in [2.75, 3.05) is 29.2 Å². The molecule has 4 rings (SSSR count). The van der Waals surface area contributed by atoms with Crippen molar-refractivity contribution < 1.29 is 14.3 Å². The molecule has 2 aliphatic rings. The third kappa shape index (κ3) is 2.17. The van der Waals surface area contributed by atoms with Gasteiger partial charge < -0.3 is 9.64 Å². The Morgan fingerprint density at radius 3 is 2.56 bits per heavy atom. The lowest BCUT2D eigenvalue weighted by Gasteiger charge is -2.33. The first kappa shape index (κ1) is 16.0. The fraction of sp³-hybridized carbons (Fsp3) is 0.263. The van der Waals surface area contributed by atoms with Crippen molar-refractivity contribution in [3.8, 4) is 5.75 Å². The Hall–Kier alpha value is -2.47. The van der Waals surface area contributed by atoms with E-state index in [1.54, 1.807) is 16.8 Å². The van der Waals surface area contributed by atoms with Crippen LogP contribution in [0.15, 0.2) is 48.5 Å². The van der Waals surface area contributed by atoms with Crippen LogP contribution in [0, 0.1) is 0 Å². The number of nitrogens with zero attached hydrogens (tertiary/aromatic N) is 2. The maximum Gasteiger partial charge on any atom is 0.268 e. The smallest absolute Gasteiger partial charge is 0.268 e. The summed E-state index contributed by atoms with van der Waals surface area (Å²) in [5.74, 6) is 0.877. The van der Waals surface area contributed by atoms with Crippen LogP contribution in [0.1, 0.15) is 12.5 Å². The van der Waals surface area contributed by atoms with E-state index in [1.165, 1.54) is 11.8 Å². The zero-order valence-corrected chi connectivity index (χ0v) is 14.9. The van der Waals surface area contributed by atoms with Crippen LogP contribution in [0.25, 0.3) is 0 Å². The molecule has 2 amide bonds. The molecule has 1 spiro atoms. The van der Waals surface area contributed by atoms with Crippen LogP contribution in [0.4, 0.5) is 11.4 Å². The largest absolute Gasteiger partial charge is 0.494 e. The first-order valence-corrected chi connectivity index (χ1v) is 9.15. The van der Waals surface area contributed by atoms with Crippen molar-refractivity contribution in [2.45, 2.75) is 11.8 Å². The van der Waals surface area contributed by atoms with Gasteiger partial charge in [-0.25, -0.2) is 0 Å². The Morgan fingerprint density at radius 2 is 1.84 bits per heavy atom. The van der Waals surface area contributed by atoms with E-state index in [-0.39, 0.29) is 17.6 Å². The highest BCUT2D eigenvalue weighted by Crippen LogP contribution is 2.55. The first-order chi connectivity index (χ1) is 12.1. The summed E-state index contributed by atoms with van der Waals surface area (Å²) in [6, 6.07) is 15.0. The summed E-state index contributed by atoms with van der Waals surface area (Å²) in [6.45, 7) is 2.51. The maximum atomic E-state index is 13.2. The minimum absolute atomic E-state index is 0.0624. The van der Waals surface area contributed by atoms with Crippen LogP contribution in [0.3, 0.4) is 0 Å². The number of carbonyl (C=O) groups excluding carboxylic acids is 2. The fourth-order valence-corrected chi connectivity index (χ4v) is 4.90. The second kappa shape index (κ2) is 5.81. The molecule has 0 aromatic heterocycles. The highest BCUT2D eigenvalue weighted by Gasteiger charge is 2.60. The molecule has 1 fully saturated rings. The van der Waals surface area contributed by atoms with E-state index < -0.39 is 4.87 Å². The van der Waals surface area contributed by atoms with Crippen LogP contribution in [0.5, 0.6) is 5.75 Å². The van der Waals surface area contributed by atoms with Crippen LogP contribution in [-0.2, 0) is 14.5 Å². The maximum absolute atomic E-state index is 13.2. The van der Waals surface area contributed by atoms with Crippen LogP contribution in [-0.4, -0.2) is 31.2 Å². The normalized spacial score (nSPS) is 22.0. The number of para-hydroxylation sites is 1. The van der Waals surface area contributed by atoms with Crippen molar-refractivity contribution >= 4 is 35.0 Å². The second-order valence-corrected chi connectivity index (χ2v) is 7.14. The van der Waals surface area contributed by atoms with E-state index >= 15 is 0 Å². The third-order valence-electron chi connectivity index (χ3n) is 4.60. The van der Waals surface area contributed by atoms with E-state index in [2.05, 4.69) is 0 Å². The fourth-order valence-electron chi connectivity index (χ4n) is 3.51. The van der Waals surface area contributed by atoms with E-state index in [1.807, 2.05) is 55.5 Å². The zero-order valence-electron chi connectivity index (χ0n) is 14.1. The van der Waals surface area contributed by atoms with Crippen molar-refractivity contribution in [1.82, 2.24) is 0 Å². The average Bonchev–Trinajstić information content (AvgIpc) is 3.08. The molecule has 25 heavy (non-hydrogen) atoms. The number of likely N-dealkylation sites (N-methyl/N-ethyl adjacent to an activating group) is 1. The number of hydrogen-bond donors (Lipinski definition) is 0. The lowest BCUT2D eigenvalue weighted by atomic mass is 10.0. The van der Waals surface area contributed by atoms with E-state index in [0.717, 1.165) is 17.0 Å². The number of fused-ring (bicyclic) bond motifs is 2. The highest BCUT2D eigenvalue weighted by molar-refractivity contribution is 8.02. The molecule has 2 aromatic carbocycles. The van der Waals surface area contributed by atoms with E-state index in [9.17, 15) is 9.59 Å². The minimum Gasteiger partial charge on any atom is -0.494 e. The molecule has 0 aliphatic carbocycles. The summed E-state index contributed by atoms with van der Waals surface area (Å²) >= 11 is 1.39. The van der Waals surface area contributed by atoms with Gasteiger partial charge in [0.05, 0.1) is 18.0 Å². The molecule has 0 saturated carbocycles.